The van der Waals surface area contributed by atoms with Gasteiger partial charge in [-0.3, -0.25) is 15.5 Å². The number of aromatic nitrogens is 2. The second-order valence-electron chi connectivity index (χ2n) is 5.35. The number of hydrogen-bond acceptors (Lipinski definition) is 9. The largest absolute Gasteiger partial charge is 0.385 e. The van der Waals surface area contributed by atoms with Crippen molar-refractivity contribution in [1.82, 2.24) is 19.9 Å². The fourth-order valence-electron chi connectivity index (χ4n) is 2.25. The van der Waals surface area contributed by atoms with Crippen molar-refractivity contribution < 1.29 is 9.66 Å². The van der Waals surface area contributed by atoms with E-state index >= 15 is 0 Å². The summed E-state index contributed by atoms with van der Waals surface area (Å²) in [7, 11) is 3.66. The van der Waals surface area contributed by atoms with Crippen LogP contribution in [0.4, 0.5) is 17.3 Å². The van der Waals surface area contributed by atoms with Gasteiger partial charge in [0.2, 0.25) is 11.6 Å². The van der Waals surface area contributed by atoms with Crippen LogP contribution < -0.4 is 10.7 Å². The van der Waals surface area contributed by atoms with Crippen LogP contribution in [-0.2, 0) is 4.74 Å². The van der Waals surface area contributed by atoms with Crippen LogP contribution in [0, 0.1) is 10.1 Å². The third kappa shape index (κ3) is 4.98. The number of nitrogens with one attached hydrogen (secondary N) is 2. The second-order valence-corrected chi connectivity index (χ2v) is 5.35. The summed E-state index contributed by atoms with van der Waals surface area (Å²) in [6, 6.07) is 0. The Balaban J connectivity index is 2.07. The summed E-state index contributed by atoms with van der Waals surface area (Å²) >= 11 is 0. The fourth-order valence-corrected chi connectivity index (χ4v) is 2.25. The molecule has 0 spiro atoms. The van der Waals surface area contributed by atoms with Crippen LogP contribution in [0.2, 0.25) is 0 Å². The first-order valence-corrected chi connectivity index (χ1v) is 7.54. The average molecular weight is 325 g/mol. The fraction of sp³-hybridized carbons (Fsp3) is 0.692. The Hall–Kier alpha value is -2.04. The summed E-state index contributed by atoms with van der Waals surface area (Å²) in [6.45, 7) is 4.46. The highest BCUT2D eigenvalue weighted by Crippen LogP contribution is 2.29. The summed E-state index contributed by atoms with van der Waals surface area (Å²) in [5.41, 5.74) is 2.91. The number of nitro groups is 1. The summed E-state index contributed by atoms with van der Waals surface area (Å²) in [5.74, 6) is 0.432. The van der Waals surface area contributed by atoms with Gasteiger partial charge in [0.25, 0.3) is 0 Å². The highest BCUT2D eigenvalue weighted by atomic mass is 16.6. The van der Waals surface area contributed by atoms with E-state index in [1.807, 2.05) is 12.1 Å². The second kappa shape index (κ2) is 8.56. The zero-order valence-electron chi connectivity index (χ0n) is 13.5. The predicted molar refractivity (Wildman–Crippen MR) is 86.4 cm³/mol. The maximum Gasteiger partial charge on any atom is 0.354 e. The van der Waals surface area contributed by atoms with Crippen molar-refractivity contribution >= 4 is 17.3 Å². The summed E-state index contributed by atoms with van der Waals surface area (Å²) in [6.07, 6.45) is 2.06. The van der Waals surface area contributed by atoms with E-state index in [0.29, 0.717) is 13.2 Å². The van der Waals surface area contributed by atoms with Crippen molar-refractivity contribution in [2.45, 2.75) is 6.42 Å². The number of rotatable bonds is 8. The molecule has 1 saturated heterocycles. The predicted octanol–water partition coefficient (Wildman–Crippen LogP) is 0.408. The minimum atomic E-state index is -0.461. The topological polar surface area (TPSA) is 109 Å². The van der Waals surface area contributed by atoms with Gasteiger partial charge in [0, 0.05) is 46.4 Å². The molecule has 2 N–H and O–H groups in total. The quantitative estimate of drug-likeness (QED) is 0.399. The minimum Gasteiger partial charge on any atom is -0.385 e. The number of hydrazine groups is 1. The maximum absolute atomic E-state index is 11.4. The molecule has 0 atom stereocenters. The SMILES string of the molecule is COCCCNc1ncnc(NN2CCN(C)CC2)c1[N+](=O)[O-]. The number of anilines is 2. The molecule has 1 aromatic rings. The first kappa shape index (κ1) is 17.3. The van der Waals surface area contributed by atoms with E-state index < -0.39 is 4.92 Å². The Morgan fingerprint density at radius 1 is 1.30 bits per heavy atom. The Labute approximate surface area is 135 Å². The lowest BCUT2D eigenvalue weighted by atomic mass is 10.3. The lowest BCUT2D eigenvalue weighted by Gasteiger charge is -2.32. The standard InChI is InChI=1S/C13H23N7O3/c1-18-5-7-19(8-6-18)17-13-11(20(21)22)12(15-10-16-13)14-4-3-9-23-2/h10H,3-9H2,1-2H3,(H2,14,15,16,17). The van der Waals surface area contributed by atoms with Gasteiger partial charge in [-0.15, -0.1) is 0 Å². The molecule has 0 aromatic carbocycles. The molecule has 0 saturated carbocycles. The Morgan fingerprint density at radius 2 is 2.00 bits per heavy atom. The van der Waals surface area contributed by atoms with Crippen LogP contribution >= 0.6 is 0 Å². The van der Waals surface area contributed by atoms with Crippen molar-refractivity contribution in [1.29, 1.82) is 0 Å². The van der Waals surface area contributed by atoms with Gasteiger partial charge in [-0.05, 0) is 13.5 Å². The van der Waals surface area contributed by atoms with E-state index in [1.165, 1.54) is 6.33 Å². The molecule has 0 aliphatic carbocycles. The van der Waals surface area contributed by atoms with Crippen LogP contribution in [0.15, 0.2) is 6.33 Å². The molecule has 0 unspecified atom stereocenters. The van der Waals surface area contributed by atoms with E-state index in [4.69, 9.17) is 4.74 Å². The Kier molecular flexibility index (Phi) is 6.44. The summed E-state index contributed by atoms with van der Waals surface area (Å²) in [4.78, 5) is 21.2. The maximum atomic E-state index is 11.4. The van der Waals surface area contributed by atoms with Crippen molar-refractivity contribution in [3.05, 3.63) is 16.4 Å². The van der Waals surface area contributed by atoms with Crippen LogP contribution in [0.1, 0.15) is 6.42 Å². The number of hydrogen-bond donors (Lipinski definition) is 2. The zero-order chi connectivity index (χ0) is 16.7. The Morgan fingerprint density at radius 3 is 2.65 bits per heavy atom. The van der Waals surface area contributed by atoms with E-state index in [1.54, 1.807) is 7.11 Å². The summed E-state index contributed by atoms with van der Waals surface area (Å²) in [5, 5.41) is 16.3. The third-order valence-electron chi connectivity index (χ3n) is 3.59. The van der Waals surface area contributed by atoms with Gasteiger partial charge in [0.15, 0.2) is 0 Å². The first-order chi connectivity index (χ1) is 11.1. The number of ether oxygens (including phenoxy) is 1. The average Bonchev–Trinajstić information content (AvgIpc) is 2.53. The van der Waals surface area contributed by atoms with Crippen molar-refractivity contribution in [2.75, 3.05) is 64.2 Å². The molecule has 0 bridgehead atoms. The lowest BCUT2D eigenvalue weighted by Crippen LogP contribution is -2.47. The third-order valence-corrected chi connectivity index (χ3v) is 3.59. The molecule has 23 heavy (non-hydrogen) atoms. The molecule has 10 heteroatoms. The molecule has 1 aliphatic rings. The van der Waals surface area contributed by atoms with Crippen LogP contribution in [0.3, 0.4) is 0 Å². The van der Waals surface area contributed by atoms with Crippen LogP contribution in [0.5, 0.6) is 0 Å². The summed E-state index contributed by atoms with van der Waals surface area (Å²) < 4.78 is 4.96. The number of methoxy groups -OCH3 is 1. The molecule has 0 amide bonds. The smallest absolute Gasteiger partial charge is 0.354 e. The number of nitrogens with zero attached hydrogens (tertiary/aromatic N) is 5. The van der Waals surface area contributed by atoms with Crippen LogP contribution in [0.25, 0.3) is 0 Å². The van der Waals surface area contributed by atoms with Gasteiger partial charge < -0.3 is 15.0 Å². The molecule has 2 rings (SSSR count). The number of likely N-dealkylation sites (N-methyl/N-ethyl adjacent to an activating group) is 1. The lowest BCUT2D eigenvalue weighted by molar-refractivity contribution is -0.383. The zero-order valence-corrected chi connectivity index (χ0v) is 13.5. The van der Waals surface area contributed by atoms with Gasteiger partial charge in [0.05, 0.1) is 4.92 Å². The molecule has 1 aliphatic heterocycles. The monoisotopic (exact) mass is 325 g/mol. The van der Waals surface area contributed by atoms with Crippen molar-refractivity contribution in [3.8, 4) is 0 Å². The highest BCUT2D eigenvalue weighted by molar-refractivity contribution is 5.68. The molecule has 2 heterocycles. The molecule has 0 radical (unpaired) electrons. The highest BCUT2D eigenvalue weighted by Gasteiger charge is 2.25. The van der Waals surface area contributed by atoms with Gasteiger partial charge in [-0.25, -0.2) is 15.0 Å². The Bertz CT molecular complexity index is 520. The van der Waals surface area contributed by atoms with Crippen molar-refractivity contribution in [2.24, 2.45) is 0 Å². The van der Waals surface area contributed by atoms with Crippen LogP contribution in [-0.4, -0.2) is 78.3 Å². The molecule has 10 nitrogen and oxygen atoms in total. The minimum absolute atomic E-state index is 0.135. The van der Waals surface area contributed by atoms with E-state index in [2.05, 4.69) is 25.6 Å². The number of piperazine rings is 1. The molecule has 1 fully saturated rings. The molecular weight excluding hydrogens is 302 g/mol. The van der Waals surface area contributed by atoms with E-state index in [0.717, 1.165) is 32.6 Å². The van der Waals surface area contributed by atoms with Gasteiger partial charge >= 0.3 is 5.69 Å². The molecule has 128 valence electrons. The normalized spacial score (nSPS) is 16.3. The van der Waals surface area contributed by atoms with E-state index in [9.17, 15) is 10.1 Å². The van der Waals surface area contributed by atoms with Gasteiger partial charge in [-0.2, -0.15) is 0 Å². The molecule has 1 aromatic heterocycles. The van der Waals surface area contributed by atoms with Gasteiger partial charge in [0.1, 0.15) is 6.33 Å². The van der Waals surface area contributed by atoms with E-state index in [-0.39, 0.29) is 17.3 Å². The molecular formula is C13H23N7O3. The van der Waals surface area contributed by atoms with Gasteiger partial charge in [-0.1, -0.05) is 0 Å². The van der Waals surface area contributed by atoms with Crippen molar-refractivity contribution in [3.63, 3.8) is 0 Å². The first-order valence-electron chi connectivity index (χ1n) is 7.54.